The highest BCUT2D eigenvalue weighted by Crippen LogP contribution is 2.31. The van der Waals surface area contributed by atoms with Gasteiger partial charge >= 0.3 is 4.87 Å². The monoisotopic (exact) mass is 353 g/mol. The molecule has 0 aliphatic heterocycles. The van der Waals surface area contributed by atoms with Gasteiger partial charge in [-0.3, -0.25) is 4.79 Å². The van der Waals surface area contributed by atoms with Gasteiger partial charge in [-0.1, -0.05) is 34.5 Å². The highest BCUT2D eigenvalue weighted by Gasteiger charge is 2.22. The standard InChI is InChI=1S/C10H9Cl2N3O3S2/c11-7-1-5(13)2-8(12)9(7)20(17,18)14-3-6-4-19-10(16)15-6/h1-2,4,14H,3,13H2,(H,15,16). The van der Waals surface area contributed by atoms with Gasteiger partial charge in [-0.2, -0.15) is 0 Å². The molecule has 0 atom stereocenters. The summed E-state index contributed by atoms with van der Waals surface area (Å²) in [5.41, 5.74) is 6.23. The zero-order chi connectivity index (χ0) is 14.9. The molecule has 10 heteroatoms. The minimum absolute atomic E-state index is 0.0682. The van der Waals surface area contributed by atoms with E-state index in [-0.39, 0.29) is 32.0 Å². The van der Waals surface area contributed by atoms with Crippen LogP contribution in [-0.2, 0) is 16.6 Å². The molecule has 20 heavy (non-hydrogen) atoms. The summed E-state index contributed by atoms with van der Waals surface area (Å²) >= 11 is 12.7. The SMILES string of the molecule is Nc1cc(Cl)c(S(=O)(=O)NCc2csc(=O)[nH]2)c(Cl)c1. The Morgan fingerprint density at radius 2 is 1.90 bits per heavy atom. The van der Waals surface area contributed by atoms with Crippen molar-refractivity contribution < 1.29 is 8.42 Å². The maximum atomic E-state index is 12.2. The number of hydrogen-bond acceptors (Lipinski definition) is 5. The minimum atomic E-state index is -3.91. The van der Waals surface area contributed by atoms with Crippen LogP contribution in [0.1, 0.15) is 5.69 Å². The molecule has 1 aromatic heterocycles. The average Bonchev–Trinajstić information content (AvgIpc) is 2.71. The molecule has 1 aromatic carbocycles. The number of aromatic amines is 1. The second-order valence-corrected chi connectivity index (χ2v) is 7.17. The highest BCUT2D eigenvalue weighted by molar-refractivity contribution is 7.89. The van der Waals surface area contributed by atoms with E-state index in [1.165, 1.54) is 17.5 Å². The number of hydrogen-bond donors (Lipinski definition) is 3. The highest BCUT2D eigenvalue weighted by atomic mass is 35.5. The predicted octanol–water partition coefficient (Wildman–Crippen LogP) is 1.80. The van der Waals surface area contributed by atoms with Crippen molar-refractivity contribution in [1.82, 2.24) is 9.71 Å². The van der Waals surface area contributed by atoms with Gasteiger partial charge in [-0.25, -0.2) is 13.1 Å². The van der Waals surface area contributed by atoms with Crippen LogP contribution < -0.4 is 15.3 Å². The van der Waals surface area contributed by atoms with Crippen molar-refractivity contribution in [3.05, 3.63) is 42.9 Å². The van der Waals surface area contributed by atoms with Crippen molar-refractivity contribution >= 4 is 50.2 Å². The van der Waals surface area contributed by atoms with E-state index in [0.29, 0.717) is 5.69 Å². The predicted molar refractivity (Wildman–Crippen MR) is 79.8 cm³/mol. The van der Waals surface area contributed by atoms with Gasteiger partial charge in [0.25, 0.3) is 0 Å². The third-order valence-corrected chi connectivity index (χ3v) is 5.35. The fourth-order valence-electron chi connectivity index (χ4n) is 1.48. The van der Waals surface area contributed by atoms with E-state index >= 15 is 0 Å². The molecule has 2 rings (SSSR count). The van der Waals surface area contributed by atoms with Crippen LogP contribution in [0.5, 0.6) is 0 Å². The number of thiazole rings is 1. The summed E-state index contributed by atoms with van der Waals surface area (Å²) < 4.78 is 26.6. The third-order valence-electron chi connectivity index (χ3n) is 2.31. The van der Waals surface area contributed by atoms with Crippen LogP contribution in [0.15, 0.2) is 27.2 Å². The Kier molecular flexibility index (Phi) is 4.40. The van der Waals surface area contributed by atoms with Crippen LogP contribution in [0.4, 0.5) is 5.69 Å². The molecule has 0 bridgehead atoms. The van der Waals surface area contributed by atoms with Gasteiger partial charge in [0.05, 0.1) is 16.6 Å². The quantitative estimate of drug-likeness (QED) is 0.728. The van der Waals surface area contributed by atoms with E-state index in [2.05, 4.69) is 9.71 Å². The molecule has 6 nitrogen and oxygen atoms in total. The van der Waals surface area contributed by atoms with E-state index in [9.17, 15) is 13.2 Å². The lowest BCUT2D eigenvalue weighted by Crippen LogP contribution is -2.24. The first kappa shape index (κ1) is 15.3. The fourth-order valence-corrected chi connectivity index (χ4v) is 4.30. The summed E-state index contributed by atoms with van der Waals surface area (Å²) in [6.45, 7) is -0.0713. The smallest absolute Gasteiger partial charge is 0.304 e. The molecule has 0 unspecified atom stereocenters. The Hall–Kier alpha value is -1.06. The summed E-state index contributed by atoms with van der Waals surface area (Å²) in [5.74, 6) is 0. The second-order valence-electron chi connectivity index (χ2n) is 3.81. The van der Waals surface area contributed by atoms with E-state index < -0.39 is 10.0 Å². The summed E-state index contributed by atoms with van der Waals surface area (Å²) in [7, 11) is -3.91. The summed E-state index contributed by atoms with van der Waals surface area (Å²) in [6.07, 6.45) is 0. The second kappa shape index (κ2) is 5.74. The normalized spacial score (nSPS) is 11.7. The molecule has 0 saturated heterocycles. The number of aromatic nitrogens is 1. The molecule has 2 aromatic rings. The van der Waals surface area contributed by atoms with Gasteiger partial charge in [0.15, 0.2) is 0 Å². The van der Waals surface area contributed by atoms with Crippen LogP contribution in [-0.4, -0.2) is 13.4 Å². The first-order valence-corrected chi connectivity index (χ1v) is 8.32. The lowest BCUT2D eigenvalue weighted by molar-refractivity contribution is 0.580. The Labute approximate surface area is 128 Å². The number of nitrogen functional groups attached to an aromatic ring is 1. The molecule has 0 amide bonds. The zero-order valence-electron chi connectivity index (χ0n) is 9.81. The largest absolute Gasteiger partial charge is 0.399 e. The maximum absolute atomic E-state index is 12.2. The van der Waals surface area contributed by atoms with Crippen molar-refractivity contribution in [1.29, 1.82) is 0 Å². The first-order chi connectivity index (χ1) is 9.29. The number of H-pyrrole nitrogens is 1. The molecule has 0 aliphatic rings. The van der Waals surface area contributed by atoms with Crippen LogP contribution in [0, 0.1) is 0 Å². The first-order valence-electron chi connectivity index (χ1n) is 5.20. The van der Waals surface area contributed by atoms with Crippen molar-refractivity contribution in [2.75, 3.05) is 5.73 Å². The molecule has 0 fully saturated rings. The molecule has 4 N–H and O–H groups in total. The van der Waals surface area contributed by atoms with Gasteiger partial charge in [0.1, 0.15) is 4.90 Å². The molecular formula is C10H9Cl2N3O3S2. The summed E-state index contributed by atoms with van der Waals surface area (Å²) in [5, 5.41) is 1.39. The summed E-state index contributed by atoms with van der Waals surface area (Å²) in [4.78, 5) is 12.9. The van der Waals surface area contributed by atoms with Gasteiger partial charge < -0.3 is 10.7 Å². The van der Waals surface area contributed by atoms with Gasteiger partial charge in [-0.05, 0) is 12.1 Å². The van der Waals surface area contributed by atoms with E-state index in [0.717, 1.165) is 11.3 Å². The lowest BCUT2D eigenvalue weighted by atomic mass is 10.3. The lowest BCUT2D eigenvalue weighted by Gasteiger charge is -2.10. The van der Waals surface area contributed by atoms with Crippen LogP contribution in [0.2, 0.25) is 10.0 Å². The number of nitrogens with one attached hydrogen (secondary N) is 2. The zero-order valence-corrected chi connectivity index (χ0v) is 13.0. The maximum Gasteiger partial charge on any atom is 0.304 e. The number of benzene rings is 1. The molecule has 1 heterocycles. The molecular weight excluding hydrogens is 345 g/mol. The van der Waals surface area contributed by atoms with Crippen molar-refractivity contribution in [2.24, 2.45) is 0 Å². The van der Waals surface area contributed by atoms with Crippen molar-refractivity contribution in [3.63, 3.8) is 0 Å². The topological polar surface area (TPSA) is 105 Å². The van der Waals surface area contributed by atoms with E-state index in [1.54, 1.807) is 0 Å². The molecule has 0 aliphatic carbocycles. The van der Waals surface area contributed by atoms with Gasteiger partial charge in [0, 0.05) is 16.8 Å². The minimum Gasteiger partial charge on any atom is -0.399 e. The molecule has 0 radical (unpaired) electrons. The molecule has 0 saturated carbocycles. The number of nitrogens with two attached hydrogens (primary N) is 1. The summed E-state index contributed by atoms with van der Waals surface area (Å²) in [6, 6.07) is 2.60. The molecule has 108 valence electrons. The Morgan fingerprint density at radius 3 is 2.40 bits per heavy atom. The van der Waals surface area contributed by atoms with Crippen LogP contribution in [0.3, 0.4) is 0 Å². The van der Waals surface area contributed by atoms with E-state index in [4.69, 9.17) is 28.9 Å². The number of anilines is 1. The Bertz CT molecular complexity index is 775. The number of halogens is 2. The third kappa shape index (κ3) is 3.33. The average molecular weight is 354 g/mol. The molecule has 0 spiro atoms. The van der Waals surface area contributed by atoms with Crippen molar-refractivity contribution in [3.8, 4) is 0 Å². The van der Waals surface area contributed by atoms with Crippen LogP contribution >= 0.6 is 34.5 Å². The number of sulfonamides is 1. The van der Waals surface area contributed by atoms with Crippen LogP contribution in [0.25, 0.3) is 0 Å². The van der Waals surface area contributed by atoms with E-state index in [1.807, 2.05) is 0 Å². The van der Waals surface area contributed by atoms with Gasteiger partial charge in [-0.15, -0.1) is 0 Å². The Morgan fingerprint density at radius 1 is 1.30 bits per heavy atom. The van der Waals surface area contributed by atoms with Gasteiger partial charge in [0.2, 0.25) is 10.0 Å². The Balaban J connectivity index is 2.29. The fraction of sp³-hybridized carbons (Fsp3) is 0.100. The van der Waals surface area contributed by atoms with Crippen molar-refractivity contribution in [2.45, 2.75) is 11.4 Å². The number of rotatable bonds is 4.